The highest BCUT2D eigenvalue weighted by molar-refractivity contribution is 5.31. The number of hydrogen-bond acceptors (Lipinski definition) is 4. The average molecular weight is 220 g/mol. The normalized spacial score (nSPS) is 21.5. The van der Waals surface area contributed by atoms with E-state index in [2.05, 4.69) is 41.0 Å². The van der Waals surface area contributed by atoms with Crippen LogP contribution in [0, 0.1) is 0 Å². The van der Waals surface area contributed by atoms with Gasteiger partial charge in [0.15, 0.2) is 0 Å². The first-order valence-electron chi connectivity index (χ1n) is 5.97. The molecule has 0 spiro atoms. The van der Waals surface area contributed by atoms with Crippen molar-refractivity contribution in [3.63, 3.8) is 0 Å². The molecule has 0 bridgehead atoms. The van der Waals surface area contributed by atoms with Gasteiger partial charge in [-0.05, 0) is 18.4 Å². The van der Waals surface area contributed by atoms with Crippen molar-refractivity contribution < 1.29 is 0 Å². The lowest BCUT2D eigenvalue weighted by molar-refractivity contribution is 0.479. The van der Waals surface area contributed by atoms with Crippen LogP contribution >= 0.6 is 0 Å². The van der Waals surface area contributed by atoms with Gasteiger partial charge in [0.25, 0.3) is 0 Å². The predicted octanol–water partition coefficient (Wildman–Crippen LogP) is 1.40. The van der Waals surface area contributed by atoms with Gasteiger partial charge in [-0.1, -0.05) is 13.8 Å². The topological polar surface area (TPSA) is 41.1 Å². The van der Waals surface area contributed by atoms with Crippen LogP contribution in [0.25, 0.3) is 0 Å². The molecule has 16 heavy (non-hydrogen) atoms. The molecule has 4 heteroatoms. The van der Waals surface area contributed by atoms with E-state index in [4.69, 9.17) is 0 Å². The van der Waals surface area contributed by atoms with Crippen LogP contribution in [0.15, 0.2) is 12.4 Å². The van der Waals surface area contributed by atoms with E-state index in [1.165, 1.54) is 5.56 Å². The van der Waals surface area contributed by atoms with Crippen LogP contribution in [0.2, 0.25) is 0 Å². The summed E-state index contributed by atoms with van der Waals surface area (Å²) in [5, 5.41) is 3.41. The third-order valence-corrected chi connectivity index (χ3v) is 2.98. The highest BCUT2D eigenvalue weighted by Gasteiger charge is 2.17. The Bertz CT molecular complexity index is 333. The third kappa shape index (κ3) is 2.50. The summed E-state index contributed by atoms with van der Waals surface area (Å²) >= 11 is 0. The Balaban J connectivity index is 2.09. The van der Waals surface area contributed by atoms with Gasteiger partial charge in [0.05, 0.1) is 0 Å². The molecule has 0 aromatic carbocycles. The minimum absolute atomic E-state index is 0.496. The van der Waals surface area contributed by atoms with Gasteiger partial charge >= 0.3 is 0 Å². The van der Waals surface area contributed by atoms with Gasteiger partial charge in [0, 0.05) is 38.1 Å². The zero-order valence-corrected chi connectivity index (χ0v) is 10.3. The lowest BCUT2D eigenvalue weighted by Gasteiger charge is -2.31. The van der Waals surface area contributed by atoms with Crippen LogP contribution in [0.1, 0.15) is 32.3 Å². The Morgan fingerprint density at radius 2 is 2.06 bits per heavy atom. The van der Waals surface area contributed by atoms with E-state index in [9.17, 15) is 0 Å². The van der Waals surface area contributed by atoms with E-state index < -0.39 is 0 Å². The van der Waals surface area contributed by atoms with Crippen LogP contribution in [-0.4, -0.2) is 35.6 Å². The first-order valence-corrected chi connectivity index (χ1v) is 5.97. The molecule has 0 radical (unpaired) electrons. The Hall–Kier alpha value is -1.16. The Kier molecular flexibility index (Phi) is 3.39. The van der Waals surface area contributed by atoms with Gasteiger partial charge in [-0.3, -0.25) is 0 Å². The van der Waals surface area contributed by atoms with Crippen LogP contribution in [-0.2, 0) is 0 Å². The molecule has 4 nitrogen and oxygen atoms in total. The van der Waals surface area contributed by atoms with Crippen molar-refractivity contribution in [1.29, 1.82) is 0 Å². The van der Waals surface area contributed by atoms with Crippen molar-refractivity contribution >= 4 is 5.95 Å². The highest BCUT2D eigenvalue weighted by Crippen LogP contribution is 2.15. The smallest absolute Gasteiger partial charge is 0.225 e. The number of anilines is 1. The first-order chi connectivity index (χ1) is 7.66. The molecule has 0 aliphatic carbocycles. The number of piperazine rings is 1. The summed E-state index contributed by atoms with van der Waals surface area (Å²) in [6, 6.07) is 0.516. The van der Waals surface area contributed by atoms with Gasteiger partial charge in [-0.25, -0.2) is 9.97 Å². The summed E-state index contributed by atoms with van der Waals surface area (Å²) in [5.74, 6) is 1.36. The molecule has 1 N–H and O–H groups in total. The van der Waals surface area contributed by atoms with Crippen molar-refractivity contribution in [2.45, 2.75) is 32.7 Å². The fraction of sp³-hybridized carbons (Fsp3) is 0.667. The van der Waals surface area contributed by atoms with Gasteiger partial charge in [0.2, 0.25) is 5.95 Å². The van der Waals surface area contributed by atoms with Crippen molar-refractivity contribution in [3.05, 3.63) is 18.0 Å². The summed E-state index contributed by atoms with van der Waals surface area (Å²) in [7, 11) is 0. The zero-order chi connectivity index (χ0) is 11.5. The van der Waals surface area contributed by atoms with E-state index in [1.807, 2.05) is 12.4 Å². The molecule has 0 saturated carbocycles. The maximum atomic E-state index is 4.45. The summed E-state index contributed by atoms with van der Waals surface area (Å²) in [6.45, 7) is 9.49. The lowest BCUT2D eigenvalue weighted by atomic mass is 10.1. The second-order valence-corrected chi connectivity index (χ2v) is 4.77. The van der Waals surface area contributed by atoms with Gasteiger partial charge in [-0.15, -0.1) is 0 Å². The molecule has 0 amide bonds. The molecule has 88 valence electrons. The fourth-order valence-corrected chi connectivity index (χ4v) is 1.91. The average Bonchev–Trinajstić information content (AvgIpc) is 2.29. The molecule has 1 aliphatic heterocycles. The molecule has 2 heterocycles. The van der Waals surface area contributed by atoms with Crippen LogP contribution < -0.4 is 10.2 Å². The van der Waals surface area contributed by atoms with Gasteiger partial charge in [-0.2, -0.15) is 0 Å². The second-order valence-electron chi connectivity index (χ2n) is 4.77. The Labute approximate surface area is 97.1 Å². The molecule has 1 atom stereocenters. The Morgan fingerprint density at radius 1 is 1.38 bits per heavy atom. The largest absolute Gasteiger partial charge is 0.338 e. The number of rotatable bonds is 2. The molecule has 1 saturated heterocycles. The summed E-state index contributed by atoms with van der Waals surface area (Å²) in [5.41, 5.74) is 1.20. The molecule has 1 aliphatic rings. The predicted molar refractivity (Wildman–Crippen MR) is 65.8 cm³/mol. The quantitative estimate of drug-likeness (QED) is 0.818. The monoisotopic (exact) mass is 220 g/mol. The standard InChI is InChI=1S/C12H20N4/c1-9(2)11-6-14-12(15-7-11)16-5-4-13-10(3)8-16/h6-7,9-10,13H,4-5,8H2,1-3H3. The summed E-state index contributed by atoms with van der Waals surface area (Å²) < 4.78 is 0. The molecular weight excluding hydrogens is 200 g/mol. The summed E-state index contributed by atoms with van der Waals surface area (Å²) in [6.07, 6.45) is 3.89. The minimum Gasteiger partial charge on any atom is -0.338 e. The maximum absolute atomic E-state index is 4.45. The molecule has 2 rings (SSSR count). The maximum Gasteiger partial charge on any atom is 0.225 e. The second kappa shape index (κ2) is 4.78. The Morgan fingerprint density at radius 3 is 2.62 bits per heavy atom. The molecule has 1 unspecified atom stereocenters. The first kappa shape index (κ1) is 11.3. The van der Waals surface area contributed by atoms with E-state index >= 15 is 0 Å². The van der Waals surface area contributed by atoms with Crippen molar-refractivity contribution in [1.82, 2.24) is 15.3 Å². The van der Waals surface area contributed by atoms with Crippen molar-refractivity contribution in [2.24, 2.45) is 0 Å². The van der Waals surface area contributed by atoms with Gasteiger partial charge in [0.1, 0.15) is 0 Å². The number of aromatic nitrogens is 2. The van der Waals surface area contributed by atoms with E-state index in [-0.39, 0.29) is 0 Å². The lowest BCUT2D eigenvalue weighted by Crippen LogP contribution is -2.49. The van der Waals surface area contributed by atoms with Crippen molar-refractivity contribution in [2.75, 3.05) is 24.5 Å². The van der Waals surface area contributed by atoms with E-state index in [1.54, 1.807) is 0 Å². The zero-order valence-electron chi connectivity index (χ0n) is 10.3. The van der Waals surface area contributed by atoms with E-state index in [0.29, 0.717) is 12.0 Å². The number of hydrogen-bond donors (Lipinski definition) is 1. The minimum atomic E-state index is 0.496. The van der Waals surface area contributed by atoms with E-state index in [0.717, 1.165) is 25.6 Å². The summed E-state index contributed by atoms with van der Waals surface area (Å²) in [4.78, 5) is 11.1. The number of nitrogens with zero attached hydrogens (tertiary/aromatic N) is 3. The van der Waals surface area contributed by atoms with Crippen LogP contribution in [0.4, 0.5) is 5.95 Å². The van der Waals surface area contributed by atoms with Crippen LogP contribution in [0.3, 0.4) is 0 Å². The SMILES string of the molecule is CC1CN(c2ncc(C(C)C)cn2)CCN1. The van der Waals surface area contributed by atoms with Gasteiger partial charge < -0.3 is 10.2 Å². The molecule has 1 fully saturated rings. The fourth-order valence-electron chi connectivity index (χ4n) is 1.91. The molecule has 1 aromatic heterocycles. The highest BCUT2D eigenvalue weighted by atomic mass is 15.3. The molecule has 1 aromatic rings. The van der Waals surface area contributed by atoms with Crippen LogP contribution in [0.5, 0.6) is 0 Å². The number of nitrogens with one attached hydrogen (secondary N) is 1. The van der Waals surface area contributed by atoms with Crippen molar-refractivity contribution in [3.8, 4) is 0 Å². The molecular formula is C12H20N4. The third-order valence-electron chi connectivity index (χ3n) is 2.98.